The summed E-state index contributed by atoms with van der Waals surface area (Å²) in [5.41, 5.74) is 0.487. The number of ether oxygens (including phenoxy) is 2. The molecule has 3 nitrogen and oxygen atoms in total. The molecule has 3 heteroatoms. The fourth-order valence-electron chi connectivity index (χ4n) is 2.89. The Labute approximate surface area is 137 Å². The first kappa shape index (κ1) is 21.0. The molecular weight excluding hydrogens is 276 g/mol. The van der Waals surface area contributed by atoms with Gasteiger partial charge in [0.05, 0.1) is 6.10 Å². The van der Waals surface area contributed by atoms with Crippen LogP contribution in [-0.2, 0) is 9.47 Å². The van der Waals surface area contributed by atoms with E-state index < -0.39 is 6.16 Å². The molecule has 0 heterocycles. The Kier molecular flexibility index (Phi) is 8.21. The molecular formula is C19H36O3. The Hall–Kier alpha value is -0.990. The second-order valence-corrected chi connectivity index (χ2v) is 8.64. The van der Waals surface area contributed by atoms with Gasteiger partial charge in [0.15, 0.2) is 0 Å². The highest BCUT2D eigenvalue weighted by Gasteiger charge is 2.23. The van der Waals surface area contributed by atoms with Crippen molar-refractivity contribution < 1.29 is 14.3 Å². The van der Waals surface area contributed by atoms with Crippen LogP contribution in [-0.4, -0.2) is 18.4 Å². The number of carbonyl (C=O) groups excluding carboxylic acids is 1. The van der Waals surface area contributed by atoms with Crippen LogP contribution in [0.15, 0.2) is 12.2 Å². The number of hydrogen-bond donors (Lipinski definition) is 0. The number of carbonyl (C=O) groups is 1. The summed E-state index contributed by atoms with van der Waals surface area (Å²) in [5, 5.41) is 0. The van der Waals surface area contributed by atoms with Crippen molar-refractivity contribution in [3.05, 3.63) is 12.2 Å². The van der Waals surface area contributed by atoms with E-state index >= 15 is 0 Å². The highest BCUT2D eigenvalue weighted by molar-refractivity contribution is 5.60. The number of allylic oxidation sites excluding steroid dienone is 2. The van der Waals surface area contributed by atoms with Crippen molar-refractivity contribution in [2.75, 3.05) is 0 Å². The summed E-state index contributed by atoms with van der Waals surface area (Å²) < 4.78 is 10.2. The first-order chi connectivity index (χ1) is 9.81. The SMILES string of the molecule is CC(/C=C\C(C)(C)CC(C)(C)C)CC(C)OC(=O)OC(C)C. The first-order valence-corrected chi connectivity index (χ1v) is 8.37. The summed E-state index contributed by atoms with van der Waals surface area (Å²) in [5.74, 6) is 0.362. The minimum atomic E-state index is -0.577. The second-order valence-electron chi connectivity index (χ2n) is 8.64. The normalized spacial score (nSPS) is 15.9. The van der Waals surface area contributed by atoms with Crippen LogP contribution in [0.1, 0.15) is 75.2 Å². The van der Waals surface area contributed by atoms with Crippen molar-refractivity contribution in [2.45, 2.75) is 87.4 Å². The molecule has 0 saturated carbocycles. The summed E-state index contributed by atoms with van der Waals surface area (Å²) in [6.45, 7) is 19.0. The van der Waals surface area contributed by atoms with Gasteiger partial charge >= 0.3 is 6.16 Å². The van der Waals surface area contributed by atoms with Crippen LogP contribution in [0, 0.1) is 16.7 Å². The summed E-state index contributed by atoms with van der Waals surface area (Å²) in [7, 11) is 0. The molecule has 130 valence electrons. The van der Waals surface area contributed by atoms with Gasteiger partial charge in [-0.2, -0.15) is 0 Å². The lowest BCUT2D eigenvalue weighted by molar-refractivity contribution is 0.00781. The molecule has 0 aliphatic carbocycles. The molecule has 2 unspecified atom stereocenters. The molecule has 2 atom stereocenters. The van der Waals surface area contributed by atoms with Crippen molar-refractivity contribution in [3.63, 3.8) is 0 Å². The van der Waals surface area contributed by atoms with Crippen LogP contribution in [0.25, 0.3) is 0 Å². The lowest BCUT2D eigenvalue weighted by Gasteiger charge is -2.30. The largest absolute Gasteiger partial charge is 0.508 e. The Balaban J connectivity index is 4.34. The Morgan fingerprint density at radius 3 is 2.00 bits per heavy atom. The predicted molar refractivity (Wildman–Crippen MR) is 92.9 cm³/mol. The van der Waals surface area contributed by atoms with Gasteiger partial charge in [-0.1, -0.05) is 53.7 Å². The Morgan fingerprint density at radius 1 is 1.00 bits per heavy atom. The maximum absolute atomic E-state index is 11.5. The molecule has 0 aromatic carbocycles. The van der Waals surface area contributed by atoms with E-state index in [9.17, 15) is 4.79 Å². The maximum Gasteiger partial charge on any atom is 0.508 e. The molecule has 0 saturated heterocycles. The molecule has 0 fully saturated rings. The molecule has 0 spiro atoms. The summed E-state index contributed by atoms with van der Waals surface area (Å²) in [6, 6.07) is 0. The molecule has 0 rings (SSSR count). The molecule has 0 bridgehead atoms. The lowest BCUT2D eigenvalue weighted by Crippen LogP contribution is -2.21. The van der Waals surface area contributed by atoms with E-state index in [1.165, 1.54) is 0 Å². The Morgan fingerprint density at radius 2 is 1.55 bits per heavy atom. The van der Waals surface area contributed by atoms with Gasteiger partial charge < -0.3 is 9.47 Å². The number of hydrogen-bond acceptors (Lipinski definition) is 3. The summed E-state index contributed by atoms with van der Waals surface area (Å²) in [6.07, 6.45) is 5.60. The van der Waals surface area contributed by atoms with Gasteiger partial charge in [-0.3, -0.25) is 0 Å². The monoisotopic (exact) mass is 312 g/mol. The zero-order chi connectivity index (χ0) is 17.6. The van der Waals surface area contributed by atoms with E-state index in [0.717, 1.165) is 12.8 Å². The van der Waals surface area contributed by atoms with Crippen molar-refractivity contribution in [3.8, 4) is 0 Å². The highest BCUT2D eigenvalue weighted by atomic mass is 16.7. The average Bonchev–Trinajstić information content (AvgIpc) is 2.21. The van der Waals surface area contributed by atoms with Gasteiger partial charge in [-0.15, -0.1) is 0 Å². The minimum absolute atomic E-state index is 0.142. The predicted octanol–water partition coefficient (Wildman–Crippen LogP) is 5.98. The number of rotatable bonds is 7. The topological polar surface area (TPSA) is 35.5 Å². The van der Waals surface area contributed by atoms with E-state index in [2.05, 4.69) is 53.7 Å². The fourth-order valence-corrected chi connectivity index (χ4v) is 2.89. The van der Waals surface area contributed by atoms with Crippen molar-refractivity contribution in [1.29, 1.82) is 0 Å². The molecule has 0 amide bonds. The summed E-state index contributed by atoms with van der Waals surface area (Å²) in [4.78, 5) is 11.5. The molecule has 0 aromatic heterocycles. The zero-order valence-corrected chi connectivity index (χ0v) is 16.0. The molecule has 0 radical (unpaired) electrons. The van der Waals surface area contributed by atoms with E-state index in [1.54, 1.807) is 0 Å². The lowest BCUT2D eigenvalue weighted by atomic mass is 9.76. The van der Waals surface area contributed by atoms with Crippen LogP contribution in [0.4, 0.5) is 4.79 Å². The van der Waals surface area contributed by atoms with Crippen LogP contribution in [0.2, 0.25) is 0 Å². The third-order valence-electron chi connectivity index (χ3n) is 3.19. The first-order valence-electron chi connectivity index (χ1n) is 8.37. The van der Waals surface area contributed by atoms with Crippen molar-refractivity contribution in [2.24, 2.45) is 16.7 Å². The van der Waals surface area contributed by atoms with Crippen LogP contribution in [0.5, 0.6) is 0 Å². The zero-order valence-electron chi connectivity index (χ0n) is 16.0. The fraction of sp³-hybridized carbons (Fsp3) is 0.842. The molecule has 0 aromatic rings. The highest BCUT2D eigenvalue weighted by Crippen LogP contribution is 2.34. The van der Waals surface area contributed by atoms with Gasteiger partial charge in [0.2, 0.25) is 0 Å². The smallest absolute Gasteiger partial charge is 0.432 e. The van der Waals surface area contributed by atoms with Gasteiger partial charge in [-0.25, -0.2) is 4.79 Å². The average molecular weight is 312 g/mol. The molecule has 0 N–H and O–H groups in total. The molecule has 0 aliphatic heterocycles. The van der Waals surface area contributed by atoms with Crippen LogP contribution in [0.3, 0.4) is 0 Å². The second kappa shape index (κ2) is 8.59. The van der Waals surface area contributed by atoms with Crippen LogP contribution >= 0.6 is 0 Å². The van der Waals surface area contributed by atoms with Crippen molar-refractivity contribution >= 4 is 6.16 Å². The minimum Gasteiger partial charge on any atom is -0.432 e. The van der Waals surface area contributed by atoms with Gasteiger partial charge in [-0.05, 0) is 50.4 Å². The van der Waals surface area contributed by atoms with Crippen molar-refractivity contribution in [1.82, 2.24) is 0 Å². The summed E-state index contributed by atoms with van der Waals surface area (Å²) >= 11 is 0. The molecule has 0 aliphatic rings. The van der Waals surface area contributed by atoms with Gasteiger partial charge in [0, 0.05) is 0 Å². The van der Waals surface area contributed by atoms with E-state index in [0.29, 0.717) is 11.3 Å². The van der Waals surface area contributed by atoms with Gasteiger partial charge in [0.25, 0.3) is 0 Å². The van der Waals surface area contributed by atoms with Crippen LogP contribution < -0.4 is 0 Å². The third-order valence-corrected chi connectivity index (χ3v) is 3.19. The van der Waals surface area contributed by atoms with E-state index in [-0.39, 0.29) is 17.6 Å². The van der Waals surface area contributed by atoms with E-state index in [4.69, 9.17) is 9.47 Å². The third kappa shape index (κ3) is 11.6. The maximum atomic E-state index is 11.5. The van der Waals surface area contributed by atoms with E-state index in [1.807, 2.05) is 20.8 Å². The van der Waals surface area contributed by atoms with Gasteiger partial charge in [0.1, 0.15) is 6.10 Å². The molecule has 22 heavy (non-hydrogen) atoms. The quantitative estimate of drug-likeness (QED) is 0.428. The standard InChI is InChI=1S/C19H36O3/c1-14(2)21-17(20)22-16(4)12-15(3)10-11-19(8,9)13-18(5,6)7/h10-11,14-16H,12-13H2,1-9H3/b11-10-. The Bertz CT molecular complexity index is 361.